The molecule has 1 saturated heterocycles. The second-order valence-corrected chi connectivity index (χ2v) is 6.49. The van der Waals surface area contributed by atoms with Crippen LogP contribution < -0.4 is 0 Å². The Bertz CT molecular complexity index is 549. The smallest absolute Gasteiger partial charge is 0.196 e. The number of thiophene rings is 2. The van der Waals surface area contributed by atoms with Gasteiger partial charge in [-0.25, -0.2) is 0 Å². The van der Waals surface area contributed by atoms with Gasteiger partial charge in [-0.15, -0.1) is 11.8 Å². The summed E-state index contributed by atoms with van der Waals surface area (Å²) in [7, 11) is 0. The number of rotatable bonds is 2. The highest BCUT2D eigenvalue weighted by molar-refractivity contribution is 8.05. The van der Waals surface area contributed by atoms with Crippen LogP contribution >= 0.6 is 34.4 Å². The maximum Gasteiger partial charge on any atom is 0.196 e. The van der Waals surface area contributed by atoms with Crippen LogP contribution in [0.1, 0.15) is 11.1 Å². The second-order valence-electron chi connectivity index (χ2n) is 3.91. The maximum absolute atomic E-state index is 12.2. The topological polar surface area (TPSA) is 17.1 Å². The van der Waals surface area contributed by atoms with Gasteiger partial charge in [-0.05, 0) is 56.9 Å². The number of hydrogen-bond acceptors (Lipinski definition) is 4. The molecule has 1 fully saturated rings. The van der Waals surface area contributed by atoms with Crippen LogP contribution in [0.2, 0.25) is 0 Å². The Hall–Kier alpha value is -1.10. The van der Waals surface area contributed by atoms with Crippen LogP contribution in [0.4, 0.5) is 0 Å². The normalized spacial score (nSPS) is 20.1. The molecule has 3 rings (SSSR count). The molecule has 4 heteroatoms. The fraction of sp³-hybridized carbons (Fsp3) is 0.0714. The lowest BCUT2D eigenvalue weighted by Crippen LogP contribution is -1.95. The molecule has 1 nitrogen and oxygen atoms in total. The summed E-state index contributed by atoms with van der Waals surface area (Å²) in [5, 5.41) is 8.17. The Morgan fingerprint density at radius 3 is 2.28 bits per heavy atom. The Labute approximate surface area is 118 Å². The third kappa shape index (κ3) is 2.51. The van der Waals surface area contributed by atoms with Crippen LogP contribution in [0.15, 0.2) is 44.1 Å². The van der Waals surface area contributed by atoms with Crippen molar-refractivity contribution in [2.24, 2.45) is 0 Å². The number of carbonyl (C=O) groups excluding carboxylic acids is 1. The molecule has 1 aliphatic rings. The van der Waals surface area contributed by atoms with Gasteiger partial charge in [0.05, 0.1) is 4.91 Å². The van der Waals surface area contributed by atoms with E-state index in [0.29, 0.717) is 0 Å². The van der Waals surface area contributed by atoms with Crippen molar-refractivity contribution in [2.45, 2.75) is 0 Å². The molecular formula is C14H10OS3. The highest BCUT2D eigenvalue weighted by atomic mass is 32.2. The summed E-state index contributed by atoms with van der Waals surface area (Å²) >= 11 is 4.93. The van der Waals surface area contributed by atoms with Gasteiger partial charge in [0.1, 0.15) is 0 Å². The number of thioether (sulfide) groups is 1. The fourth-order valence-corrected chi connectivity index (χ4v) is 3.97. The van der Waals surface area contributed by atoms with Crippen molar-refractivity contribution in [3.8, 4) is 0 Å². The van der Waals surface area contributed by atoms with Gasteiger partial charge in [-0.3, -0.25) is 4.79 Å². The van der Waals surface area contributed by atoms with E-state index in [1.54, 1.807) is 34.4 Å². The first-order valence-corrected chi connectivity index (χ1v) is 8.34. The lowest BCUT2D eigenvalue weighted by Gasteiger charge is -1.92. The van der Waals surface area contributed by atoms with Crippen molar-refractivity contribution in [3.63, 3.8) is 0 Å². The molecule has 0 bridgehead atoms. The lowest BCUT2D eigenvalue weighted by atomic mass is 10.1. The van der Waals surface area contributed by atoms with Gasteiger partial charge in [0.15, 0.2) is 5.78 Å². The molecule has 90 valence electrons. The molecule has 0 atom stereocenters. The van der Waals surface area contributed by atoms with Crippen molar-refractivity contribution in [3.05, 3.63) is 55.3 Å². The van der Waals surface area contributed by atoms with Gasteiger partial charge in [-0.2, -0.15) is 22.7 Å². The van der Waals surface area contributed by atoms with Gasteiger partial charge in [0, 0.05) is 11.3 Å². The number of allylic oxidation sites excluding steroid dienone is 1. The molecule has 3 heterocycles. The highest BCUT2D eigenvalue weighted by Crippen LogP contribution is 2.34. The van der Waals surface area contributed by atoms with Crippen molar-refractivity contribution in [1.29, 1.82) is 0 Å². The van der Waals surface area contributed by atoms with Crippen molar-refractivity contribution < 1.29 is 4.79 Å². The molecule has 0 aromatic carbocycles. The van der Waals surface area contributed by atoms with E-state index in [4.69, 9.17) is 0 Å². The average Bonchev–Trinajstić information content (AvgIpc) is 3.08. The number of hydrogen-bond donors (Lipinski definition) is 0. The third-order valence-electron chi connectivity index (χ3n) is 2.62. The van der Waals surface area contributed by atoms with E-state index in [9.17, 15) is 4.79 Å². The van der Waals surface area contributed by atoms with Crippen molar-refractivity contribution in [2.75, 3.05) is 5.75 Å². The van der Waals surface area contributed by atoms with Crippen LogP contribution in [0.5, 0.6) is 0 Å². The Morgan fingerprint density at radius 1 is 1.00 bits per heavy atom. The first kappa shape index (κ1) is 12.0. The molecule has 0 radical (unpaired) electrons. The molecule has 0 saturated carbocycles. The van der Waals surface area contributed by atoms with Crippen molar-refractivity contribution >= 4 is 52.4 Å². The monoisotopic (exact) mass is 290 g/mol. The molecule has 0 N–H and O–H groups in total. The quantitative estimate of drug-likeness (QED) is 0.755. The van der Waals surface area contributed by atoms with Crippen LogP contribution in [0.25, 0.3) is 12.2 Å². The van der Waals surface area contributed by atoms with Crippen molar-refractivity contribution in [1.82, 2.24) is 0 Å². The molecule has 2 aromatic heterocycles. The van der Waals surface area contributed by atoms with Crippen LogP contribution in [-0.2, 0) is 4.79 Å². The zero-order valence-corrected chi connectivity index (χ0v) is 11.9. The third-order valence-corrected chi connectivity index (χ3v) is 5.10. The first-order valence-electron chi connectivity index (χ1n) is 5.47. The SMILES string of the molecule is O=C1/C(=C/c2ccsc2)CS/C1=C\c1ccsc1. The van der Waals surface area contributed by atoms with Crippen LogP contribution in [-0.4, -0.2) is 11.5 Å². The molecular weight excluding hydrogens is 280 g/mol. The highest BCUT2D eigenvalue weighted by Gasteiger charge is 2.23. The summed E-state index contributed by atoms with van der Waals surface area (Å²) in [6.07, 6.45) is 3.98. The van der Waals surface area contributed by atoms with E-state index in [-0.39, 0.29) is 5.78 Å². The molecule has 0 amide bonds. The predicted molar refractivity (Wildman–Crippen MR) is 82.1 cm³/mol. The number of carbonyl (C=O) groups is 1. The van der Waals surface area contributed by atoms with E-state index in [1.165, 1.54) is 0 Å². The molecule has 18 heavy (non-hydrogen) atoms. The minimum atomic E-state index is 0.178. The fourth-order valence-electron chi connectivity index (χ4n) is 1.73. The summed E-state index contributed by atoms with van der Waals surface area (Å²) in [6.45, 7) is 0. The van der Waals surface area contributed by atoms with Gasteiger partial charge in [0.25, 0.3) is 0 Å². The van der Waals surface area contributed by atoms with Gasteiger partial charge in [0.2, 0.25) is 0 Å². The average molecular weight is 290 g/mol. The molecule has 1 aliphatic heterocycles. The Kier molecular flexibility index (Phi) is 3.50. The molecule has 0 unspecified atom stereocenters. The summed E-state index contributed by atoms with van der Waals surface area (Å²) in [5.41, 5.74) is 3.15. The van der Waals surface area contributed by atoms with E-state index in [1.807, 2.05) is 35.0 Å². The van der Waals surface area contributed by atoms with Crippen LogP contribution in [0.3, 0.4) is 0 Å². The maximum atomic E-state index is 12.2. The summed E-state index contributed by atoms with van der Waals surface area (Å²) in [5.74, 6) is 0.961. The Balaban J connectivity index is 1.85. The van der Waals surface area contributed by atoms with E-state index >= 15 is 0 Å². The Morgan fingerprint density at radius 2 is 1.67 bits per heavy atom. The summed E-state index contributed by atoms with van der Waals surface area (Å²) < 4.78 is 0. The van der Waals surface area contributed by atoms with Gasteiger partial charge in [-0.1, -0.05) is 0 Å². The zero-order valence-electron chi connectivity index (χ0n) is 9.46. The van der Waals surface area contributed by atoms with Gasteiger partial charge < -0.3 is 0 Å². The van der Waals surface area contributed by atoms with E-state index in [0.717, 1.165) is 27.4 Å². The van der Waals surface area contributed by atoms with Crippen LogP contribution in [0, 0.1) is 0 Å². The lowest BCUT2D eigenvalue weighted by molar-refractivity contribution is -0.111. The van der Waals surface area contributed by atoms with Gasteiger partial charge >= 0.3 is 0 Å². The largest absolute Gasteiger partial charge is 0.288 e. The number of ketones is 1. The predicted octanol–water partition coefficient (Wildman–Crippen LogP) is 4.55. The van der Waals surface area contributed by atoms with E-state index < -0.39 is 0 Å². The van der Waals surface area contributed by atoms with E-state index in [2.05, 4.69) is 10.8 Å². The minimum absolute atomic E-state index is 0.178. The first-order chi connectivity index (χ1) is 8.83. The summed E-state index contributed by atoms with van der Waals surface area (Å²) in [4.78, 5) is 13.1. The molecule has 0 aliphatic carbocycles. The molecule has 2 aromatic rings. The summed E-state index contributed by atoms with van der Waals surface area (Å²) in [6, 6.07) is 4.07. The molecule has 0 spiro atoms. The second kappa shape index (κ2) is 5.26. The minimum Gasteiger partial charge on any atom is -0.288 e. The standard InChI is InChI=1S/C14H10OS3/c15-14-12(5-10-1-3-16-7-10)9-18-13(14)6-11-2-4-17-8-11/h1-8H,9H2/b12-5+,13-6-. The zero-order chi connectivity index (χ0) is 12.4. The number of Topliss-reactive ketones (excluding diaryl/α,β-unsaturated/α-hetero) is 1.